The SMILES string of the molecule is Cn1c(=O)cc(N2CCCC(CNC(=O)Nc3ccc(F)cc3)C2)[nH]c1=O. The van der Waals surface area contributed by atoms with E-state index in [1.165, 1.54) is 37.4 Å². The third-order valence-corrected chi connectivity index (χ3v) is 4.64. The number of amides is 2. The van der Waals surface area contributed by atoms with Gasteiger partial charge < -0.3 is 15.5 Å². The highest BCUT2D eigenvalue weighted by Gasteiger charge is 2.22. The number of nitrogens with one attached hydrogen (secondary N) is 3. The lowest BCUT2D eigenvalue weighted by Crippen LogP contribution is -2.44. The first-order valence-corrected chi connectivity index (χ1v) is 8.78. The number of benzene rings is 1. The molecule has 1 unspecified atom stereocenters. The van der Waals surface area contributed by atoms with E-state index in [4.69, 9.17) is 0 Å². The Balaban J connectivity index is 1.55. The van der Waals surface area contributed by atoms with Crippen LogP contribution >= 0.6 is 0 Å². The van der Waals surface area contributed by atoms with Crippen molar-refractivity contribution in [3.05, 3.63) is 57.0 Å². The summed E-state index contributed by atoms with van der Waals surface area (Å²) in [7, 11) is 1.42. The molecule has 1 aromatic carbocycles. The number of hydrogen-bond donors (Lipinski definition) is 3. The van der Waals surface area contributed by atoms with Gasteiger partial charge in [0.25, 0.3) is 5.56 Å². The average Bonchev–Trinajstić information content (AvgIpc) is 2.66. The van der Waals surface area contributed by atoms with E-state index in [2.05, 4.69) is 15.6 Å². The van der Waals surface area contributed by atoms with Gasteiger partial charge >= 0.3 is 11.7 Å². The molecule has 27 heavy (non-hydrogen) atoms. The first-order chi connectivity index (χ1) is 12.9. The van der Waals surface area contributed by atoms with Crippen LogP contribution in [0.1, 0.15) is 12.8 Å². The molecular formula is C18H22FN5O3. The molecule has 1 atom stereocenters. The van der Waals surface area contributed by atoms with Crippen LogP contribution in [0.3, 0.4) is 0 Å². The van der Waals surface area contributed by atoms with Crippen LogP contribution in [-0.4, -0.2) is 35.2 Å². The Morgan fingerprint density at radius 2 is 2.04 bits per heavy atom. The second-order valence-electron chi connectivity index (χ2n) is 6.65. The fourth-order valence-electron chi connectivity index (χ4n) is 3.11. The van der Waals surface area contributed by atoms with Gasteiger partial charge in [-0.3, -0.25) is 14.3 Å². The zero-order chi connectivity index (χ0) is 19.4. The minimum atomic E-state index is -0.448. The van der Waals surface area contributed by atoms with Crippen LogP contribution < -0.4 is 26.8 Å². The number of piperidine rings is 1. The molecular weight excluding hydrogens is 353 g/mol. The van der Waals surface area contributed by atoms with Crippen LogP contribution in [0.2, 0.25) is 0 Å². The molecule has 1 fully saturated rings. The second-order valence-corrected chi connectivity index (χ2v) is 6.65. The van der Waals surface area contributed by atoms with E-state index in [9.17, 15) is 18.8 Å². The summed E-state index contributed by atoms with van der Waals surface area (Å²) in [5.41, 5.74) is -0.291. The summed E-state index contributed by atoms with van der Waals surface area (Å²) < 4.78 is 13.9. The maximum absolute atomic E-state index is 12.9. The lowest BCUT2D eigenvalue weighted by atomic mass is 9.98. The first-order valence-electron chi connectivity index (χ1n) is 8.78. The Kier molecular flexibility index (Phi) is 5.58. The highest BCUT2D eigenvalue weighted by Crippen LogP contribution is 2.19. The molecule has 3 rings (SSSR count). The number of halogens is 1. The third kappa shape index (κ3) is 4.75. The molecule has 2 amide bonds. The summed E-state index contributed by atoms with van der Waals surface area (Å²) in [6, 6.07) is 6.59. The van der Waals surface area contributed by atoms with Crippen molar-refractivity contribution in [1.82, 2.24) is 14.9 Å². The molecule has 2 heterocycles. The highest BCUT2D eigenvalue weighted by atomic mass is 19.1. The van der Waals surface area contributed by atoms with Crippen molar-refractivity contribution in [2.24, 2.45) is 13.0 Å². The summed E-state index contributed by atoms with van der Waals surface area (Å²) >= 11 is 0. The minimum Gasteiger partial charge on any atom is -0.358 e. The van der Waals surface area contributed by atoms with Gasteiger partial charge in [-0.2, -0.15) is 0 Å². The summed E-state index contributed by atoms with van der Waals surface area (Å²) in [6.07, 6.45) is 1.82. The molecule has 1 aliphatic rings. The zero-order valence-corrected chi connectivity index (χ0v) is 15.0. The molecule has 1 saturated heterocycles. The number of aromatic amines is 1. The summed E-state index contributed by atoms with van der Waals surface area (Å²) in [5.74, 6) is 0.325. The van der Waals surface area contributed by atoms with Crippen molar-refractivity contribution in [2.45, 2.75) is 12.8 Å². The topological polar surface area (TPSA) is 99.2 Å². The van der Waals surface area contributed by atoms with Crippen molar-refractivity contribution < 1.29 is 9.18 Å². The number of carbonyl (C=O) groups is 1. The molecule has 0 aliphatic carbocycles. The Hall–Kier alpha value is -3.10. The van der Waals surface area contributed by atoms with Gasteiger partial charge in [0.1, 0.15) is 11.6 Å². The van der Waals surface area contributed by atoms with Gasteiger partial charge in [0, 0.05) is 38.4 Å². The molecule has 0 radical (unpaired) electrons. The molecule has 9 heteroatoms. The standard InChI is InChI=1S/C18H22FN5O3/c1-23-16(25)9-15(22-18(23)27)24-8-2-3-12(11-24)10-20-17(26)21-14-6-4-13(19)5-7-14/h4-7,9,12H,2-3,8,10-11H2,1H3,(H,22,27)(H2,20,21,26). The van der Waals surface area contributed by atoms with Gasteiger partial charge in [-0.15, -0.1) is 0 Å². The van der Waals surface area contributed by atoms with Crippen molar-refractivity contribution in [2.75, 3.05) is 29.9 Å². The summed E-state index contributed by atoms with van der Waals surface area (Å²) in [4.78, 5) is 40.3. The molecule has 0 saturated carbocycles. The molecule has 1 aromatic heterocycles. The normalized spacial score (nSPS) is 16.8. The lowest BCUT2D eigenvalue weighted by molar-refractivity contribution is 0.249. The van der Waals surface area contributed by atoms with Crippen LogP contribution in [0.25, 0.3) is 0 Å². The van der Waals surface area contributed by atoms with E-state index in [1.54, 1.807) is 0 Å². The van der Waals surface area contributed by atoms with E-state index in [0.717, 1.165) is 24.0 Å². The number of anilines is 2. The fourth-order valence-corrected chi connectivity index (χ4v) is 3.11. The number of aromatic nitrogens is 2. The van der Waals surface area contributed by atoms with E-state index in [0.29, 0.717) is 24.6 Å². The van der Waals surface area contributed by atoms with Crippen molar-refractivity contribution in [1.29, 1.82) is 0 Å². The molecule has 0 spiro atoms. The number of rotatable bonds is 4. The van der Waals surface area contributed by atoms with Crippen molar-refractivity contribution >= 4 is 17.5 Å². The largest absolute Gasteiger partial charge is 0.358 e. The average molecular weight is 375 g/mol. The van der Waals surface area contributed by atoms with Gasteiger partial charge in [-0.05, 0) is 43.0 Å². The maximum Gasteiger partial charge on any atom is 0.329 e. The van der Waals surface area contributed by atoms with Crippen LogP contribution in [0.5, 0.6) is 0 Å². The Labute approximate surface area is 155 Å². The molecule has 1 aliphatic heterocycles. The monoisotopic (exact) mass is 375 g/mol. The number of H-pyrrole nitrogens is 1. The molecule has 8 nitrogen and oxygen atoms in total. The number of urea groups is 1. The van der Waals surface area contributed by atoms with Gasteiger partial charge in [0.15, 0.2) is 0 Å². The van der Waals surface area contributed by atoms with Gasteiger partial charge in [0.05, 0.1) is 0 Å². The Bertz CT molecular complexity index is 891. The van der Waals surface area contributed by atoms with Crippen LogP contribution in [0, 0.1) is 11.7 Å². The molecule has 0 bridgehead atoms. The minimum absolute atomic E-state index is 0.185. The van der Waals surface area contributed by atoms with E-state index >= 15 is 0 Å². The maximum atomic E-state index is 12.9. The van der Waals surface area contributed by atoms with Crippen LogP contribution in [0.4, 0.5) is 20.7 Å². The predicted molar refractivity (Wildman–Crippen MR) is 101 cm³/mol. The predicted octanol–water partition coefficient (Wildman–Crippen LogP) is 1.25. The van der Waals surface area contributed by atoms with Gasteiger partial charge in [-0.1, -0.05) is 0 Å². The van der Waals surface area contributed by atoms with E-state index in [-0.39, 0.29) is 23.3 Å². The summed E-state index contributed by atoms with van der Waals surface area (Å²) in [5, 5.41) is 5.46. The quantitative estimate of drug-likeness (QED) is 0.749. The van der Waals surface area contributed by atoms with E-state index < -0.39 is 5.69 Å². The van der Waals surface area contributed by atoms with Gasteiger partial charge in [-0.25, -0.2) is 14.0 Å². The first kappa shape index (κ1) is 18.7. The van der Waals surface area contributed by atoms with E-state index in [1.807, 2.05) is 4.90 Å². The second kappa shape index (κ2) is 8.07. The Morgan fingerprint density at radius 3 is 2.74 bits per heavy atom. The fraction of sp³-hybridized carbons (Fsp3) is 0.389. The molecule has 3 N–H and O–H groups in total. The lowest BCUT2D eigenvalue weighted by Gasteiger charge is -2.33. The zero-order valence-electron chi connectivity index (χ0n) is 15.0. The third-order valence-electron chi connectivity index (χ3n) is 4.64. The van der Waals surface area contributed by atoms with Crippen LogP contribution in [0.15, 0.2) is 39.9 Å². The van der Waals surface area contributed by atoms with Crippen LogP contribution in [-0.2, 0) is 7.05 Å². The smallest absolute Gasteiger partial charge is 0.329 e. The number of nitrogens with zero attached hydrogens (tertiary/aromatic N) is 2. The highest BCUT2D eigenvalue weighted by molar-refractivity contribution is 5.89. The van der Waals surface area contributed by atoms with Gasteiger partial charge in [0.2, 0.25) is 0 Å². The van der Waals surface area contributed by atoms with Crippen molar-refractivity contribution in [3.63, 3.8) is 0 Å². The number of carbonyl (C=O) groups excluding carboxylic acids is 1. The summed E-state index contributed by atoms with van der Waals surface area (Å²) in [6.45, 7) is 1.82. The molecule has 144 valence electrons. The van der Waals surface area contributed by atoms with Crippen molar-refractivity contribution in [3.8, 4) is 0 Å². The Morgan fingerprint density at radius 1 is 1.30 bits per heavy atom. The molecule has 2 aromatic rings. The number of hydrogen-bond acceptors (Lipinski definition) is 4.